The smallest absolute Gasteiger partial charge is 0.407 e. The number of carboxylic acid groups (broad SMARTS) is 1. The lowest BCUT2D eigenvalue weighted by Gasteiger charge is -2.22. The molecule has 0 aromatic heterocycles. The van der Waals surface area contributed by atoms with Gasteiger partial charge in [-0.3, -0.25) is 0 Å². The van der Waals surface area contributed by atoms with E-state index in [0.29, 0.717) is 0 Å². The molecule has 152 valence electrons. The fourth-order valence-electron chi connectivity index (χ4n) is 4.12. The van der Waals surface area contributed by atoms with Gasteiger partial charge in [0.25, 0.3) is 0 Å². The topological polar surface area (TPSA) is 75.6 Å². The third kappa shape index (κ3) is 3.79. The molecule has 0 unspecified atom stereocenters. The summed E-state index contributed by atoms with van der Waals surface area (Å²) in [4.78, 5) is 24.2. The number of carbonyl (C=O) groups excluding carboxylic acids is 1. The van der Waals surface area contributed by atoms with Gasteiger partial charge in [0.1, 0.15) is 12.6 Å². The second-order valence-electron chi connectivity index (χ2n) is 7.49. The van der Waals surface area contributed by atoms with E-state index in [2.05, 4.69) is 17.4 Å². The number of fused-ring (bicyclic) bond motifs is 3. The number of hydrogen-bond acceptors (Lipinski definition) is 3. The first-order valence-electron chi connectivity index (χ1n) is 9.95. The van der Waals surface area contributed by atoms with Gasteiger partial charge in [0.15, 0.2) is 0 Å². The van der Waals surface area contributed by atoms with Crippen LogP contribution in [0.25, 0.3) is 11.1 Å². The van der Waals surface area contributed by atoms with Crippen molar-refractivity contribution in [3.05, 3.63) is 95.6 Å². The molecule has 2 atom stereocenters. The molecule has 3 aromatic rings. The molecule has 3 aromatic carbocycles. The van der Waals surface area contributed by atoms with Crippen molar-refractivity contribution >= 4 is 12.1 Å². The summed E-state index contributed by atoms with van der Waals surface area (Å²) < 4.78 is 5.49. The van der Waals surface area contributed by atoms with E-state index < -0.39 is 24.0 Å². The third-order valence-corrected chi connectivity index (χ3v) is 5.71. The Labute approximate surface area is 175 Å². The van der Waals surface area contributed by atoms with Crippen LogP contribution in [0.1, 0.15) is 35.4 Å². The molecule has 5 nitrogen and oxygen atoms in total. The number of aliphatic carboxylic acids is 1. The number of benzene rings is 3. The molecule has 0 aliphatic heterocycles. The normalized spacial score (nSPS) is 14.3. The summed E-state index contributed by atoms with van der Waals surface area (Å²) in [5, 5.41) is 12.1. The van der Waals surface area contributed by atoms with E-state index in [1.165, 1.54) is 0 Å². The molecule has 0 spiro atoms. The Bertz CT molecular complexity index is 1020. The van der Waals surface area contributed by atoms with Crippen LogP contribution in [0, 0.1) is 0 Å². The Hall–Kier alpha value is -3.60. The summed E-state index contributed by atoms with van der Waals surface area (Å²) in [5.41, 5.74) is 5.34. The van der Waals surface area contributed by atoms with Gasteiger partial charge in [0, 0.05) is 11.8 Å². The van der Waals surface area contributed by atoms with Crippen molar-refractivity contribution in [2.75, 3.05) is 6.61 Å². The van der Waals surface area contributed by atoms with Crippen molar-refractivity contribution < 1.29 is 19.4 Å². The monoisotopic (exact) mass is 401 g/mol. The standard InChI is InChI=1S/C25H23NO4/c1-16(17-9-3-2-4-10-17)23(24(27)28)26-25(29)30-15-22-20-13-7-5-11-18(20)19-12-6-8-14-21(19)22/h2-14,16,22-23H,15H2,1H3,(H,26,29)(H,27,28)/t16-,23+/m0/s1. The largest absolute Gasteiger partial charge is 0.480 e. The van der Waals surface area contributed by atoms with Gasteiger partial charge in [-0.15, -0.1) is 0 Å². The molecule has 0 saturated heterocycles. The van der Waals surface area contributed by atoms with Crippen molar-refractivity contribution in [3.8, 4) is 11.1 Å². The number of carbonyl (C=O) groups is 2. The fraction of sp³-hybridized carbons (Fsp3) is 0.200. The van der Waals surface area contributed by atoms with E-state index in [9.17, 15) is 14.7 Å². The zero-order valence-corrected chi connectivity index (χ0v) is 16.6. The van der Waals surface area contributed by atoms with Gasteiger partial charge in [-0.1, -0.05) is 85.8 Å². The maximum Gasteiger partial charge on any atom is 0.407 e. The number of carboxylic acids is 1. The molecule has 1 amide bonds. The minimum absolute atomic E-state index is 0.0713. The van der Waals surface area contributed by atoms with Crippen LogP contribution in [-0.4, -0.2) is 29.8 Å². The number of hydrogen-bond donors (Lipinski definition) is 2. The van der Waals surface area contributed by atoms with Crippen molar-refractivity contribution in [2.45, 2.75) is 24.8 Å². The van der Waals surface area contributed by atoms with Crippen LogP contribution in [-0.2, 0) is 9.53 Å². The molecular weight excluding hydrogens is 378 g/mol. The number of amides is 1. The van der Waals surface area contributed by atoms with Gasteiger partial charge in [-0.25, -0.2) is 9.59 Å². The lowest BCUT2D eigenvalue weighted by Crippen LogP contribution is -2.44. The van der Waals surface area contributed by atoms with Gasteiger partial charge in [-0.05, 0) is 27.8 Å². The predicted octanol–water partition coefficient (Wildman–Crippen LogP) is 4.78. The summed E-state index contributed by atoms with van der Waals surface area (Å²) in [5.74, 6) is -1.57. The van der Waals surface area contributed by atoms with Crippen LogP contribution in [0.2, 0.25) is 0 Å². The Kier molecular flexibility index (Phi) is 5.53. The fourth-order valence-corrected chi connectivity index (χ4v) is 4.12. The minimum atomic E-state index is -1.10. The molecule has 1 aliphatic carbocycles. The summed E-state index contributed by atoms with van der Waals surface area (Å²) >= 11 is 0. The number of rotatable bonds is 6. The van der Waals surface area contributed by atoms with Gasteiger partial charge >= 0.3 is 12.1 Å². The van der Waals surface area contributed by atoms with E-state index in [1.807, 2.05) is 66.7 Å². The summed E-state index contributed by atoms with van der Waals surface area (Å²) in [6.45, 7) is 1.92. The Morgan fingerprint density at radius 2 is 1.43 bits per heavy atom. The van der Waals surface area contributed by atoms with Gasteiger partial charge in [0.05, 0.1) is 0 Å². The molecule has 30 heavy (non-hydrogen) atoms. The third-order valence-electron chi connectivity index (χ3n) is 5.71. The quantitative estimate of drug-likeness (QED) is 0.623. The first-order valence-corrected chi connectivity index (χ1v) is 9.95. The van der Waals surface area contributed by atoms with Gasteiger partial charge < -0.3 is 15.2 Å². The summed E-state index contributed by atoms with van der Waals surface area (Å²) in [6.07, 6.45) is -0.730. The highest BCUT2D eigenvalue weighted by atomic mass is 16.5. The first kappa shape index (κ1) is 19.7. The predicted molar refractivity (Wildman–Crippen MR) is 114 cm³/mol. The highest BCUT2D eigenvalue weighted by molar-refractivity contribution is 5.81. The van der Waals surface area contributed by atoms with Crippen molar-refractivity contribution in [2.24, 2.45) is 0 Å². The van der Waals surface area contributed by atoms with E-state index in [1.54, 1.807) is 6.92 Å². The molecule has 2 N–H and O–H groups in total. The Balaban J connectivity index is 1.46. The molecule has 0 bridgehead atoms. The number of nitrogens with one attached hydrogen (secondary N) is 1. The second kappa shape index (κ2) is 8.41. The van der Waals surface area contributed by atoms with Crippen molar-refractivity contribution in [1.82, 2.24) is 5.32 Å². The van der Waals surface area contributed by atoms with Crippen LogP contribution in [0.5, 0.6) is 0 Å². The molecule has 0 fully saturated rings. The van der Waals surface area contributed by atoms with Crippen LogP contribution in [0.15, 0.2) is 78.9 Å². The molecule has 0 saturated carbocycles. The number of alkyl carbamates (subject to hydrolysis) is 1. The Morgan fingerprint density at radius 1 is 0.900 bits per heavy atom. The molecule has 4 rings (SSSR count). The zero-order valence-electron chi connectivity index (χ0n) is 16.6. The molecule has 0 heterocycles. The van der Waals surface area contributed by atoms with Crippen LogP contribution >= 0.6 is 0 Å². The van der Waals surface area contributed by atoms with E-state index in [0.717, 1.165) is 27.8 Å². The molecule has 0 radical (unpaired) electrons. The van der Waals surface area contributed by atoms with E-state index in [4.69, 9.17) is 4.74 Å². The number of ether oxygens (including phenoxy) is 1. The highest BCUT2D eigenvalue weighted by Crippen LogP contribution is 2.44. The van der Waals surface area contributed by atoms with Gasteiger partial charge in [0.2, 0.25) is 0 Å². The first-order chi connectivity index (χ1) is 14.6. The lowest BCUT2D eigenvalue weighted by atomic mass is 9.93. The van der Waals surface area contributed by atoms with Gasteiger partial charge in [-0.2, -0.15) is 0 Å². The van der Waals surface area contributed by atoms with Crippen LogP contribution < -0.4 is 5.32 Å². The van der Waals surface area contributed by atoms with Crippen LogP contribution in [0.3, 0.4) is 0 Å². The van der Waals surface area contributed by atoms with Crippen molar-refractivity contribution in [1.29, 1.82) is 0 Å². The SMILES string of the molecule is C[C@@H](c1ccccc1)[C@@H](NC(=O)OCC1c2ccccc2-c2ccccc21)C(=O)O. The maximum absolute atomic E-state index is 12.5. The average Bonchev–Trinajstić information content (AvgIpc) is 3.10. The molecule has 5 heteroatoms. The Morgan fingerprint density at radius 3 is 2.00 bits per heavy atom. The summed E-state index contributed by atoms with van der Waals surface area (Å²) in [7, 11) is 0. The molecule has 1 aliphatic rings. The van der Waals surface area contributed by atoms with Crippen LogP contribution in [0.4, 0.5) is 4.79 Å². The highest BCUT2D eigenvalue weighted by Gasteiger charge is 2.31. The maximum atomic E-state index is 12.5. The zero-order chi connectivity index (χ0) is 21.1. The average molecular weight is 401 g/mol. The summed E-state index contributed by atoms with van der Waals surface area (Å²) in [6, 6.07) is 24.3. The lowest BCUT2D eigenvalue weighted by molar-refractivity contribution is -0.139. The van der Waals surface area contributed by atoms with E-state index in [-0.39, 0.29) is 12.5 Å². The van der Waals surface area contributed by atoms with Crippen molar-refractivity contribution in [3.63, 3.8) is 0 Å². The minimum Gasteiger partial charge on any atom is -0.480 e. The van der Waals surface area contributed by atoms with E-state index >= 15 is 0 Å². The second-order valence-corrected chi connectivity index (χ2v) is 7.49. The molecular formula is C25H23NO4.